The molecular weight excluding hydrogens is 187 g/mol. The minimum absolute atomic E-state index is 0.214. The minimum atomic E-state index is -0.214. The normalized spacial score (nSPS) is 10.0. The molecule has 0 N–H and O–H groups in total. The fourth-order valence-electron chi connectivity index (χ4n) is 1.07. The third kappa shape index (κ3) is 2.84. The molecule has 0 spiro atoms. The molecule has 0 saturated carbocycles. The van der Waals surface area contributed by atoms with Gasteiger partial charge in [-0.05, 0) is 30.4 Å². The van der Waals surface area contributed by atoms with Crippen molar-refractivity contribution in [1.82, 2.24) is 0 Å². The predicted molar refractivity (Wildman–Crippen MR) is 52.6 cm³/mol. The average molecular weight is 198 g/mol. The van der Waals surface area contributed by atoms with E-state index in [-0.39, 0.29) is 5.82 Å². The van der Waals surface area contributed by atoms with Gasteiger partial charge in [-0.3, -0.25) is 0 Å². The lowest BCUT2D eigenvalue weighted by molar-refractivity contribution is -0.107. The highest BCUT2D eigenvalue weighted by atomic mass is 32.2. The van der Waals surface area contributed by atoms with E-state index in [1.54, 1.807) is 6.07 Å². The van der Waals surface area contributed by atoms with Crippen LogP contribution in [0.1, 0.15) is 12.0 Å². The van der Waals surface area contributed by atoms with E-state index in [4.69, 9.17) is 0 Å². The lowest BCUT2D eigenvalue weighted by Crippen LogP contribution is -1.91. The van der Waals surface area contributed by atoms with Crippen LogP contribution in [0.3, 0.4) is 0 Å². The van der Waals surface area contributed by atoms with Crippen LogP contribution < -0.4 is 0 Å². The molecule has 0 radical (unpaired) electrons. The molecule has 0 unspecified atom stereocenters. The van der Waals surface area contributed by atoms with Crippen molar-refractivity contribution >= 4 is 18.0 Å². The van der Waals surface area contributed by atoms with E-state index in [0.717, 1.165) is 11.2 Å². The number of hydrogen-bond acceptors (Lipinski definition) is 2. The molecule has 1 nitrogen and oxygen atoms in total. The van der Waals surface area contributed by atoms with Crippen molar-refractivity contribution in [3.8, 4) is 0 Å². The van der Waals surface area contributed by atoms with Crippen LogP contribution in [-0.2, 0) is 11.2 Å². The van der Waals surface area contributed by atoms with E-state index in [9.17, 15) is 9.18 Å². The van der Waals surface area contributed by atoms with Crippen LogP contribution in [0.5, 0.6) is 0 Å². The van der Waals surface area contributed by atoms with Crippen LogP contribution in [-0.4, -0.2) is 12.5 Å². The molecule has 13 heavy (non-hydrogen) atoms. The highest BCUT2D eigenvalue weighted by Crippen LogP contribution is 2.18. The van der Waals surface area contributed by atoms with Crippen LogP contribution in [0.2, 0.25) is 0 Å². The molecule has 0 atom stereocenters. The topological polar surface area (TPSA) is 17.1 Å². The van der Waals surface area contributed by atoms with Gasteiger partial charge in [-0.25, -0.2) is 4.39 Å². The molecule has 0 fully saturated rings. The van der Waals surface area contributed by atoms with Gasteiger partial charge in [0.25, 0.3) is 0 Å². The molecule has 0 heterocycles. The zero-order valence-corrected chi connectivity index (χ0v) is 8.23. The highest BCUT2D eigenvalue weighted by Gasteiger charge is 2.02. The van der Waals surface area contributed by atoms with Gasteiger partial charge in [-0.1, -0.05) is 6.07 Å². The Balaban J connectivity index is 2.78. The smallest absolute Gasteiger partial charge is 0.127 e. The van der Waals surface area contributed by atoms with E-state index < -0.39 is 0 Å². The summed E-state index contributed by atoms with van der Waals surface area (Å²) in [6.07, 6.45) is 3.58. The monoisotopic (exact) mass is 198 g/mol. The molecule has 3 heteroatoms. The molecule has 0 aromatic heterocycles. The molecule has 0 aliphatic rings. The molecule has 0 amide bonds. The van der Waals surface area contributed by atoms with E-state index in [1.807, 2.05) is 12.3 Å². The van der Waals surface area contributed by atoms with Crippen LogP contribution in [0.25, 0.3) is 0 Å². The first-order valence-electron chi connectivity index (χ1n) is 4.04. The number of aryl methyl sites for hydroxylation is 1. The molecule has 0 aliphatic carbocycles. The van der Waals surface area contributed by atoms with E-state index in [0.29, 0.717) is 18.4 Å². The molecule has 0 aliphatic heterocycles. The lowest BCUT2D eigenvalue weighted by atomic mass is 10.1. The second-order valence-corrected chi connectivity index (χ2v) is 3.54. The first kappa shape index (κ1) is 10.3. The van der Waals surface area contributed by atoms with Gasteiger partial charge in [0.2, 0.25) is 0 Å². The third-order valence-electron chi connectivity index (χ3n) is 1.79. The fraction of sp³-hybridized carbons (Fsp3) is 0.300. The number of rotatable bonds is 4. The number of thioether (sulfide) groups is 1. The average Bonchev–Trinajstić information content (AvgIpc) is 2.16. The Morgan fingerprint density at radius 2 is 2.31 bits per heavy atom. The summed E-state index contributed by atoms with van der Waals surface area (Å²) < 4.78 is 13.2. The Hall–Kier alpha value is -0.830. The van der Waals surface area contributed by atoms with Crippen molar-refractivity contribution < 1.29 is 9.18 Å². The number of carbonyl (C=O) groups excluding carboxylic acids is 1. The van der Waals surface area contributed by atoms with Crippen LogP contribution in [0.4, 0.5) is 4.39 Å². The van der Waals surface area contributed by atoms with Gasteiger partial charge >= 0.3 is 0 Å². The van der Waals surface area contributed by atoms with Crippen LogP contribution in [0.15, 0.2) is 23.1 Å². The summed E-state index contributed by atoms with van der Waals surface area (Å²) in [5.74, 6) is -0.214. The molecule has 0 bridgehead atoms. The molecular formula is C10H11FOS. The van der Waals surface area contributed by atoms with Crippen molar-refractivity contribution in [2.75, 3.05) is 6.26 Å². The van der Waals surface area contributed by atoms with Gasteiger partial charge in [0, 0.05) is 11.3 Å². The van der Waals surface area contributed by atoms with Gasteiger partial charge in [0.05, 0.1) is 0 Å². The summed E-state index contributed by atoms with van der Waals surface area (Å²) in [6.45, 7) is 0. The molecule has 0 saturated heterocycles. The SMILES string of the molecule is CSc1ccc(CCC=O)c(F)c1. The first-order chi connectivity index (χ1) is 6.27. The number of carbonyl (C=O) groups is 1. The largest absolute Gasteiger partial charge is 0.303 e. The zero-order valence-electron chi connectivity index (χ0n) is 7.42. The molecule has 1 aromatic carbocycles. The maximum absolute atomic E-state index is 13.2. The summed E-state index contributed by atoms with van der Waals surface area (Å²) in [7, 11) is 0. The van der Waals surface area contributed by atoms with Gasteiger partial charge in [0.1, 0.15) is 12.1 Å². The Morgan fingerprint density at radius 3 is 2.85 bits per heavy atom. The van der Waals surface area contributed by atoms with E-state index in [1.165, 1.54) is 17.8 Å². The van der Waals surface area contributed by atoms with Crippen molar-refractivity contribution in [2.24, 2.45) is 0 Å². The number of hydrogen-bond donors (Lipinski definition) is 0. The Labute approximate surface area is 81.3 Å². The quantitative estimate of drug-likeness (QED) is 0.546. The van der Waals surface area contributed by atoms with Gasteiger partial charge in [-0.2, -0.15) is 0 Å². The first-order valence-corrected chi connectivity index (χ1v) is 5.26. The van der Waals surface area contributed by atoms with Gasteiger partial charge in [0.15, 0.2) is 0 Å². The molecule has 1 aromatic rings. The van der Waals surface area contributed by atoms with Crippen molar-refractivity contribution in [3.05, 3.63) is 29.6 Å². The Kier molecular flexibility index (Phi) is 3.96. The lowest BCUT2D eigenvalue weighted by Gasteiger charge is -2.02. The summed E-state index contributed by atoms with van der Waals surface area (Å²) in [5.41, 5.74) is 0.616. The summed E-state index contributed by atoms with van der Waals surface area (Å²) in [6, 6.07) is 5.11. The fourth-order valence-corrected chi connectivity index (χ4v) is 1.50. The standard InChI is InChI=1S/C10H11FOS/c1-13-9-5-4-8(3-2-6-12)10(11)7-9/h4-7H,2-3H2,1H3. The summed E-state index contributed by atoms with van der Waals surface area (Å²) in [4.78, 5) is 11.0. The highest BCUT2D eigenvalue weighted by molar-refractivity contribution is 7.98. The van der Waals surface area contributed by atoms with Crippen LogP contribution >= 0.6 is 11.8 Å². The van der Waals surface area contributed by atoms with E-state index >= 15 is 0 Å². The second kappa shape index (κ2) is 5.02. The van der Waals surface area contributed by atoms with E-state index in [2.05, 4.69) is 0 Å². The van der Waals surface area contributed by atoms with Crippen LogP contribution in [0, 0.1) is 5.82 Å². The summed E-state index contributed by atoms with van der Waals surface area (Å²) >= 11 is 1.51. The molecule has 70 valence electrons. The van der Waals surface area contributed by atoms with Gasteiger partial charge in [-0.15, -0.1) is 11.8 Å². The minimum Gasteiger partial charge on any atom is -0.303 e. The molecule has 1 rings (SSSR count). The van der Waals surface area contributed by atoms with Gasteiger partial charge < -0.3 is 4.79 Å². The Morgan fingerprint density at radius 1 is 1.54 bits per heavy atom. The predicted octanol–water partition coefficient (Wildman–Crippen LogP) is 2.68. The summed E-state index contributed by atoms with van der Waals surface area (Å²) in [5, 5.41) is 0. The number of benzene rings is 1. The second-order valence-electron chi connectivity index (χ2n) is 2.66. The maximum atomic E-state index is 13.2. The Bertz CT molecular complexity index is 299. The third-order valence-corrected chi connectivity index (χ3v) is 2.52. The van der Waals surface area contributed by atoms with Crippen molar-refractivity contribution in [2.45, 2.75) is 17.7 Å². The number of aldehydes is 1. The van der Waals surface area contributed by atoms with Crippen molar-refractivity contribution in [3.63, 3.8) is 0 Å². The number of halogens is 1. The maximum Gasteiger partial charge on any atom is 0.127 e. The van der Waals surface area contributed by atoms with Crippen molar-refractivity contribution in [1.29, 1.82) is 0 Å². The zero-order chi connectivity index (χ0) is 9.68.